The van der Waals surface area contributed by atoms with Crippen molar-refractivity contribution < 1.29 is 9.90 Å². The molecule has 1 aromatic rings. The van der Waals surface area contributed by atoms with Gasteiger partial charge in [-0.1, -0.05) is 24.3 Å². The maximum atomic E-state index is 8.36. The van der Waals surface area contributed by atoms with Gasteiger partial charge in [0.15, 0.2) is 0 Å². The predicted octanol–water partition coefficient (Wildman–Crippen LogP) is 1.29. The lowest BCUT2D eigenvalue weighted by Crippen LogP contribution is -1.97. The second kappa shape index (κ2) is 3.01. The number of carbonyl (C=O) groups is 1. The van der Waals surface area contributed by atoms with E-state index in [4.69, 9.17) is 9.90 Å². The van der Waals surface area contributed by atoms with Crippen molar-refractivity contribution in [3.63, 3.8) is 0 Å². The van der Waals surface area contributed by atoms with Crippen LogP contribution in [0.15, 0.2) is 24.3 Å². The van der Waals surface area contributed by atoms with Gasteiger partial charge in [0, 0.05) is 0 Å². The van der Waals surface area contributed by atoms with Crippen LogP contribution in [0.5, 0.6) is 0 Å². The van der Waals surface area contributed by atoms with E-state index in [1.165, 1.54) is 17.5 Å². The predicted molar refractivity (Wildman–Crippen MR) is 37.9 cm³/mol. The first-order valence-electron chi connectivity index (χ1n) is 3.02. The monoisotopic (exact) mass is 136 g/mol. The molecule has 2 heteroatoms. The van der Waals surface area contributed by atoms with Crippen LogP contribution in [0.1, 0.15) is 11.1 Å². The summed E-state index contributed by atoms with van der Waals surface area (Å²) in [5.41, 5.74) is 2.97. The topological polar surface area (TPSA) is 37.3 Å². The van der Waals surface area contributed by atoms with Crippen molar-refractivity contribution in [1.82, 2.24) is 0 Å². The zero-order valence-corrected chi connectivity index (χ0v) is 5.45. The van der Waals surface area contributed by atoms with E-state index in [0.717, 1.165) is 0 Å². The highest BCUT2D eigenvalue weighted by molar-refractivity contribution is 5.37. The SMILES string of the molecule is O=CO.c1cc2cc(c1)C2. The summed E-state index contributed by atoms with van der Waals surface area (Å²) >= 11 is 0. The molecule has 0 heterocycles. The summed E-state index contributed by atoms with van der Waals surface area (Å²) in [6.45, 7) is -0.250. The Balaban J connectivity index is 0.000000148. The number of carboxylic acid groups (broad SMARTS) is 1. The highest BCUT2D eigenvalue weighted by Crippen LogP contribution is 2.18. The molecule has 2 aliphatic carbocycles. The lowest BCUT2D eigenvalue weighted by molar-refractivity contribution is -0.122. The molecule has 2 nitrogen and oxygen atoms in total. The van der Waals surface area contributed by atoms with Crippen molar-refractivity contribution in [2.45, 2.75) is 6.42 Å². The minimum atomic E-state index is -0.250. The summed E-state index contributed by atoms with van der Waals surface area (Å²) in [6, 6.07) is 8.65. The number of fused-ring (bicyclic) bond motifs is 2. The Labute approximate surface area is 59.1 Å². The molecule has 0 fully saturated rings. The molecule has 10 heavy (non-hydrogen) atoms. The van der Waals surface area contributed by atoms with E-state index in [9.17, 15) is 0 Å². The van der Waals surface area contributed by atoms with E-state index >= 15 is 0 Å². The summed E-state index contributed by atoms with van der Waals surface area (Å²) in [4.78, 5) is 8.36. The van der Waals surface area contributed by atoms with E-state index in [2.05, 4.69) is 24.3 Å². The maximum absolute atomic E-state index is 8.36. The fourth-order valence-corrected chi connectivity index (χ4v) is 0.954. The average molecular weight is 136 g/mol. The van der Waals surface area contributed by atoms with E-state index in [1.54, 1.807) is 0 Å². The Morgan fingerprint density at radius 1 is 1.40 bits per heavy atom. The van der Waals surface area contributed by atoms with Gasteiger partial charge in [-0.05, 0) is 17.5 Å². The molecule has 0 aliphatic heterocycles. The molecule has 0 aromatic heterocycles. The third kappa shape index (κ3) is 1.35. The Morgan fingerprint density at radius 3 is 1.90 bits per heavy atom. The van der Waals surface area contributed by atoms with Gasteiger partial charge < -0.3 is 5.11 Å². The van der Waals surface area contributed by atoms with Crippen LogP contribution in [0.3, 0.4) is 0 Å². The third-order valence-corrected chi connectivity index (χ3v) is 1.40. The summed E-state index contributed by atoms with van der Waals surface area (Å²) < 4.78 is 0. The van der Waals surface area contributed by atoms with Crippen LogP contribution in [0, 0.1) is 0 Å². The Kier molecular flexibility index (Phi) is 2.05. The minimum Gasteiger partial charge on any atom is -0.483 e. The molecule has 1 N–H and O–H groups in total. The molecule has 0 saturated heterocycles. The van der Waals surface area contributed by atoms with Crippen LogP contribution >= 0.6 is 0 Å². The van der Waals surface area contributed by atoms with Crippen LogP contribution in [0.2, 0.25) is 0 Å². The van der Waals surface area contributed by atoms with Crippen LogP contribution in [-0.4, -0.2) is 11.6 Å². The van der Waals surface area contributed by atoms with Crippen molar-refractivity contribution in [2.24, 2.45) is 0 Å². The molecule has 0 saturated carbocycles. The van der Waals surface area contributed by atoms with Gasteiger partial charge in [0.25, 0.3) is 6.47 Å². The quantitative estimate of drug-likeness (QED) is 0.554. The summed E-state index contributed by atoms with van der Waals surface area (Å²) in [6.07, 6.45) is 1.22. The van der Waals surface area contributed by atoms with Gasteiger partial charge in [-0.15, -0.1) is 0 Å². The molecule has 0 amide bonds. The van der Waals surface area contributed by atoms with Crippen molar-refractivity contribution in [3.8, 4) is 0 Å². The fourth-order valence-electron chi connectivity index (χ4n) is 0.954. The maximum Gasteiger partial charge on any atom is 0.290 e. The summed E-state index contributed by atoms with van der Waals surface area (Å²) in [5.74, 6) is 0. The fraction of sp³-hybridized carbons (Fsp3) is 0.125. The Bertz CT molecular complexity index is 206. The van der Waals surface area contributed by atoms with Gasteiger partial charge >= 0.3 is 0 Å². The number of rotatable bonds is 0. The Hall–Kier alpha value is -1.31. The van der Waals surface area contributed by atoms with E-state index in [-0.39, 0.29) is 6.47 Å². The van der Waals surface area contributed by atoms with E-state index in [1.807, 2.05) is 0 Å². The second-order valence-electron chi connectivity index (χ2n) is 2.10. The van der Waals surface area contributed by atoms with Gasteiger partial charge in [0.2, 0.25) is 0 Å². The standard InChI is InChI=1S/C7H6.CH2O2/c1-2-6-4-7(3-1)5-6;2-1-3/h1-4H,5H2;1H,(H,2,3). The van der Waals surface area contributed by atoms with Gasteiger partial charge in [-0.25, -0.2) is 0 Å². The van der Waals surface area contributed by atoms with Gasteiger partial charge in [-0.3, -0.25) is 4.79 Å². The van der Waals surface area contributed by atoms with Crippen molar-refractivity contribution >= 4 is 6.47 Å². The lowest BCUT2D eigenvalue weighted by atomic mass is 9.94. The zero-order valence-electron chi connectivity index (χ0n) is 5.45. The van der Waals surface area contributed by atoms with Gasteiger partial charge in [-0.2, -0.15) is 0 Å². The molecule has 2 bridgehead atoms. The first-order chi connectivity index (χ1) is 4.86. The second-order valence-corrected chi connectivity index (χ2v) is 2.10. The summed E-state index contributed by atoms with van der Waals surface area (Å²) in [5, 5.41) is 6.89. The largest absolute Gasteiger partial charge is 0.483 e. The van der Waals surface area contributed by atoms with E-state index in [0.29, 0.717) is 0 Å². The molecule has 3 rings (SSSR count). The molecule has 0 atom stereocenters. The van der Waals surface area contributed by atoms with Crippen LogP contribution in [0.4, 0.5) is 0 Å². The lowest BCUT2D eigenvalue weighted by Gasteiger charge is -2.11. The normalized spacial score (nSPS) is 10.4. The first kappa shape index (κ1) is 6.81. The van der Waals surface area contributed by atoms with E-state index < -0.39 is 0 Å². The van der Waals surface area contributed by atoms with Crippen molar-refractivity contribution in [2.75, 3.05) is 0 Å². The zero-order chi connectivity index (χ0) is 7.40. The summed E-state index contributed by atoms with van der Waals surface area (Å²) in [7, 11) is 0. The highest BCUT2D eigenvalue weighted by atomic mass is 16.3. The average Bonchev–Trinajstić information content (AvgIpc) is 1.90. The highest BCUT2D eigenvalue weighted by Gasteiger charge is 2.04. The minimum absolute atomic E-state index is 0.250. The Morgan fingerprint density at radius 2 is 1.80 bits per heavy atom. The van der Waals surface area contributed by atoms with Crippen LogP contribution < -0.4 is 0 Å². The molecular formula is C8H8O2. The molecule has 0 spiro atoms. The number of hydrogen-bond acceptors (Lipinski definition) is 1. The molecule has 0 unspecified atom stereocenters. The smallest absolute Gasteiger partial charge is 0.290 e. The first-order valence-corrected chi connectivity index (χ1v) is 3.02. The number of hydrogen-bond donors (Lipinski definition) is 1. The van der Waals surface area contributed by atoms with Crippen LogP contribution in [0.25, 0.3) is 0 Å². The molecule has 2 aliphatic rings. The van der Waals surface area contributed by atoms with Crippen molar-refractivity contribution in [1.29, 1.82) is 0 Å². The molecular weight excluding hydrogens is 128 g/mol. The molecule has 1 aromatic carbocycles. The van der Waals surface area contributed by atoms with Crippen molar-refractivity contribution in [3.05, 3.63) is 35.4 Å². The molecule has 52 valence electrons. The number of benzene rings is 1. The van der Waals surface area contributed by atoms with Gasteiger partial charge in [0.05, 0.1) is 0 Å². The van der Waals surface area contributed by atoms with Gasteiger partial charge in [0.1, 0.15) is 0 Å². The third-order valence-electron chi connectivity index (χ3n) is 1.40. The molecule has 0 radical (unpaired) electrons. The van der Waals surface area contributed by atoms with Crippen LogP contribution in [-0.2, 0) is 11.2 Å².